The summed E-state index contributed by atoms with van der Waals surface area (Å²) in [6.07, 6.45) is 1.95. The zero-order chi connectivity index (χ0) is 11.1. The number of aromatic nitrogens is 2. The fraction of sp³-hybridized carbons (Fsp3) is 0.154. The van der Waals surface area contributed by atoms with Crippen molar-refractivity contribution in [2.24, 2.45) is 7.05 Å². The predicted octanol–water partition coefficient (Wildman–Crippen LogP) is 3.61. The van der Waals surface area contributed by atoms with Gasteiger partial charge in [-0.15, -0.1) is 11.3 Å². The van der Waals surface area contributed by atoms with Crippen molar-refractivity contribution < 1.29 is 0 Å². The maximum absolute atomic E-state index is 4.30. The maximum Gasteiger partial charge on any atom is 0.0571 e. The van der Waals surface area contributed by atoms with Gasteiger partial charge in [0.2, 0.25) is 0 Å². The maximum atomic E-state index is 4.30. The summed E-state index contributed by atoms with van der Waals surface area (Å²) in [7, 11) is 1.98. The minimum absolute atomic E-state index is 1.21. The van der Waals surface area contributed by atoms with Gasteiger partial charge in [-0.1, -0.05) is 18.2 Å². The van der Waals surface area contributed by atoms with Crippen molar-refractivity contribution >= 4 is 21.4 Å². The molecule has 0 atom stereocenters. The van der Waals surface area contributed by atoms with Gasteiger partial charge in [0.15, 0.2) is 0 Å². The first-order chi connectivity index (χ1) is 7.77. The van der Waals surface area contributed by atoms with Crippen LogP contribution in [0.3, 0.4) is 0 Å². The molecule has 0 aliphatic rings. The molecule has 1 aromatic carbocycles. The summed E-state index contributed by atoms with van der Waals surface area (Å²) in [5.74, 6) is 0. The lowest BCUT2D eigenvalue weighted by Crippen LogP contribution is -1.92. The smallest absolute Gasteiger partial charge is 0.0571 e. The van der Waals surface area contributed by atoms with Crippen LogP contribution in [0.5, 0.6) is 0 Å². The Morgan fingerprint density at radius 2 is 2.00 bits per heavy atom. The summed E-state index contributed by atoms with van der Waals surface area (Å²) in [6, 6.07) is 8.51. The molecule has 0 saturated carbocycles. The van der Waals surface area contributed by atoms with E-state index in [0.29, 0.717) is 0 Å². The molecular formula is C13H12N2S. The molecule has 3 heteroatoms. The van der Waals surface area contributed by atoms with Gasteiger partial charge >= 0.3 is 0 Å². The molecule has 2 nitrogen and oxygen atoms in total. The van der Waals surface area contributed by atoms with Crippen LogP contribution in [-0.2, 0) is 7.05 Å². The van der Waals surface area contributed by atoms with E-state index < -0.39 is 0 Å². The molecule has 0 unspecified atom stereocenters. The molecule has 0 aliphatic carbocycles. The van der Waals surface area contributed by atoms with Crippen molar-refractivity contribution in [2.75, 3.05) is 0 Å². The second-order valence-electron chi connectivity index (χ2n) is 3.91. The Morgan fingerprint density at radius 1 is 1.19 bits per heavy atom. The molecule has 80 valence electrons. The highest BCUT2D eigenvalue weighted by Crippen LogP contribution is 2.34. The first-order valence-corrected chi connectivity index (χ1v) is 6.10. The quantitative estimate of drug-likeness (QED) is 0.622. The van der Waals surface area contributed by atoms with E-state index in [1.165, 1.54) is 26.9 Å². The monoisotopic (exact) mass is 228 g/mol. The van der Waals surface area contributed by atoms with Gasteiger partial charge in [0.05, 0.1) is 6.20 Å². The SMILES string of the molecule is Cc1c(-c2csc3ccccc23)cnn1C. The third kappa shape index (κ3) is 1.28. The van der Waals surface area contributed by atoms with Gasteiger partial charge in [0.25, 0.3) is 0 Å². The van der Waals surface area contributed by atoms with E-state index in [9.17, 15) is 0 Å². The molecule has 0 bridgehead atoms. The highest BCUT2D eigenvalue weighted by atomic mass is 32.1. The molecule has 3 rings (SSSR count). The highest BCUT2D eigenvalue weighted by molar-refractivity contribution is 7.17. The number of thiophene rings is 1. The number of rotatable bonds is 1. The van der Waals surface area contributed by atoms with E-state index in [4.69, 9.17) is 0 Å². The van der Waals surface area contributed by atoms with Crippen LogP contribution >= 0.6 is 11.3 Å². The molecule has 2 heterocycles. The predicted molar refractivity (Wildman–Crippen MR) is 68.8 cm³/mol. The van der Waals surface area contributed by atoms with Crippen LogP contribution in [0.25, 0.3) is 21.2 Å². The lowest BCUT2D eigenvalue weighted by molar-refractivity contribution is 0.740. The minimum atomic E-state index is 1.21. The van der Waals surface area contributed by atoms with E-state index in [-0.39, 0.29) is 0 Å². The average molecular weight is 228 g/mol. The number of aryl methyl sites for hydroxylation is 1. The lowest BCUT2D eigenvalue weighted by atomic mass is 10.1. The normalized spacial score (nSPS) is 11.1. The zero-order valence-corrected chi connectivity index (χ0v) is 10.1. The molecule has 0 spiro atoms. The van der Waals surface area contributed by atoms with Crippen LogP contribution in [0, 0.1) is 6.92 Å². The van der Waals surface area contributed by atoms with Crippen molar-refractivity contribution in [3.05, 3.63) is 41.5 Å². The standard InChI is InChI=1S/C13H12N2S/c1-9-11(7-14-15(9)2)12-8-16-13-6-4-3-5-10(12)13/h3-8H,1-2H3. The van der Waals surface area contributed by atoms with Crippen LogP contribution < -0.4 is 0 Å². The number of fused-ring (bicyclic) bond motifs is 1. The van der Waals surface area contributed by atoms with E-state index in [2.05, 4.69) is 41.7 Å². The molecule has 0 aliphatic heterocycles. The molecule has 16 heavy (non-hydrogen) atoms. The summed E-state index contributed by atoms with van der Waals surface area (Å²) in [5, 5.41) is 7.84. The summed E-state index contributed by atoms with van der Waals surface area (Å²) in [4.78, 5) is 0. The Balaban J connectivity index is 2.30. The van der Waals surface area contributed by atoms with E-state index >= 15 is 0 Å². The first-order valence-electron chi connectivity index (χ1n) is 5.22. The average Bonchev–Trinajstić information content (AvgIpc) is 2.85. The van der Waals surface area contributed by atoms with Crippen LogP contribution in [0.2, 0.25) is 0 Å². The van der Waals surface area contributed by atoms with Gasteiger partial charge in [0.1, 0.15) is 0 Å². The Morgan fingerprint density at radius 3 is 2.75 bits per heavy atom. The van der Waals surface area contributed by atoms with Crippen molar-refractivity contribution in [3.8, 4) is 11.1 Å². The van der Waals surface area contributed by atoms with Gasteiger partial charge in [-0.05, 0) is 18.4 Å². The van der Waals surface area contributed by atoms with Gasteiger partial charge < -0.3 is 0 Å². The fourth-order valence-electron chi connectivity index (χ4n) is 1.95. The molecule has 0 N–H and O–H groups in total. The van der Waals surface area contributed by atoms with Crippen molar-refractivity contribution in [2.45, 2.75) is 6.92 Å². The van der Waals surface area contributed by atoms with Crippen LogP contribution in [-0.4, -0.2) is 9.78 Å². The molecule has 0 radical (unpaired) electrons. The van der Waals surface area contributed by atoms with E-state index in [1.807, 2.05) is 17.9 Å². The second kappa shape index (κ2) is 3.46. The summed E-state index contributed by atoms with van der Waals surface area (Å²) < 4.78 is 3.25. The Bertz CT molecular complexity index is 649. The Hall–Kier alpha value is -1.61. The van der Waals surface area contributed by atoms with Crippen molar-refractivity contribution in [1.29, 1.82) is 0 Å². The number of nitrogens with zero attached hydrogens (tertiary/aromatic N) is 2. The van der Waals surface area contributed by atoms with Crippen LogP contribution in [0.4, 0.5) is 0 Å². The number of hydrogen-bond acceptors (Lipinski definition) is 2. The number of benzene rings is 1. The third-order valence-corrected chi connectivity index (χ3v) is 3.97. The van der Waals surface area contributed by atoms with Crippen LogP contribution in [0.15, 0.2) is 35.8 Å². The highest BCUT2D eigenvalue weighted by Gasteiger charge is 2.10. The molecule has 0 fully saturated rings. The van der Waals surface area contributed by atoms with Crippen molar-refractivity contribution in [3.63, 3.8) is 0 Å². The summed E-state index contributed by atoms with van der Waals surface area (Å²) >= 11 is 1.79. The van der Waals surface area contributed by atoms with E-state index in [0.717, 1.165) is 0 Å². The molecule has 2 aromatic heterocycles. The molecular weight excluding hydrogens is 216 g/mol. The topological polar surface area (TPSA) is 17.8 Å². The molecule has 0 amide bonds. The lowest BCUT2D eigenvalue weighted by Gasteiger charge is -1.99. The van der Waals surface area contributed by atoms with Gasteiger partial charge in [-0.2, -0.15) is 5.10 Å². The third-order valence-electron chi connectivity index (χ3n) is 3.01. The van der Waals surface area contributed by atoms with Gasteiger partial charge in [-0.3, -0.25) is 4.68 Å². The summed E-state index contributed by atoms with van der Waals surface area (Å²) in [5.41, 5.74) is 3.75. The number of hydrogen-bond donors (Lipinski definition) is 0. The van der Waals surface area contributed by atoms with Gasteiger partial charge in [-0.25, -0.2) is 0 Å². The molecule has 3 aromatic rings. The van der Waals surface area contributed by atoms with Crippen molar-refractivity contribution in [1.82, 2.24) is 9.78 Å². The largest absolute Gasteiger partial charge is 0.272 e. The zero-order valence-electron chi connectivity index (χ0n) is 9.27. The van der Waals surface area contributed by atoms with Gasteiger partial charge in [0, 0.05) is 34.0 Å². The summed E-state index contributed by atoms with van der Waals surface area (Å²) in [6.45, 7) is 2.11. The second-order valence-corrected chi connectivity index (χ2v) is 4.82. The Labute approximate surface area is 98.1 Å². The van der Waals surface area contributed by atoms with E-state index in [1.54, 1.807) is 11.3 Å². The van der Waals surface area contributed by atoms with Crippen LogP contribution in [0.1, 0.15) is 5.69 Å². The molecule has 0 saturated heterocycles. The first kappa shape index (κ1) is 9.60. The Kier molecular flexibility index (Phi) is 2.07. The minimum Gasteiger partial charge on any atom is -0.272 e. The fourth-order valence-corrected chi connectivity index (χ4v) is 2.91.